The van der Waals surface area contributed by atoms with Gasteiger partial charge in [-0.2, -0.15) is 0 Å². The van der Waals surface area contributed by atoms with E-state index in [1.807, 2.05) is 18.2 Å². The van der Waals surface area contributed by atoms with Gasteiger partial charge < -0.3 is 8.98 Å². The number of benzene rings is 8. The van der Waals surface area contributed by atoms with Crippen molar-refractivity contribution in [3.8, 4) is 45.3 Å². The molecule has 5 nitrogen and oxygen atoms in total. The van der Waals surface area contributed by atoms with Gasteiger partial charge in [-0.1, -0.05) is 152 Å². The standard InChI is InChI=1S/C52H32N4O/c1-3-14-33(15-4-1)34-26-28-35(29-27-34)44-32-45(43-22-13-21-42-39-20-9-12-25-48(39)57-51(42)43)54-52(53-44)56-47-24-11-8-19-38(47)41-31-30-40-37-18-7-10-23-46(37)55(49(40)50(41)56)36-16-5-2-6-17-36/h1-32H. The molecule has 0 bridgehead atoms. The predicted molar refractivity (Wildman–Crippen MR) is 234 cm³/mol. The minimum atomic E-state index is 0.589. The molecule has 0 aliphatic carbocycles. The van der Waals surface area contributed by atoms with E-state index in [2.05, 4.69) is 185 Å². The topological polar surface area (TPSA) is 48.8 Å². The van der Waals surface area contributed by atoms with E-state index in [4.69, 9.17) is 14.4 Å². The van der Waals surface area contributed by atoms with Gasteiger partial charge in [0.15, 0.2) is 0 Å². The molecule has 0 aliphatic rings. The normalized spacial score (nSPS) is 11.9. The van der Waals surface area contributed by atoms with Gasteiger partial charge in [0.25, 0.3) is 0 Å². The van der Waals surface area contributed by atoms with E-state index in [9.17, 15) is 0 Å². The fourth-order valence-corrected chi connectivity index (χ4v) is 8.79. The Labute approximate surface area is 327 Å². The van der Waals surface area contributed by atoms with Crippen LogP contribution in [0.4, 0.5) is 0 Å². The number of fused-ring (bicyclic) bond motifs is 10. The number of para-hydroxylation sites is 5. The first-order chi connectivity index (χ1) is 28.3. The second kappa shape index (κ2) is 12.4. The molecule has 0 spiro atoms. The second-order valence-corrected chi connectivity index (χ2v) is 14.6. The van der Waals surface area contributed by atoms with Crippen LogP contribution in [0, 0.1) is 0 Å². The Hall–Kier alpha value is -7.76. The first-order valence-electron chi connectivity index (χ1n) is 19.3. The van der Waals surface area contributed by atoms with Gasteiger partial charge in [-0.25, -0.2) is 9.97 Å². The Morgan fingerprint density at radius 2 is 0.912 bits per heavy atom. The summed E-state index contributed by atoms with van der Waals surface area (Å²) in [6, 6.07) is 68.3. The van der Waals surface area contributed by atoms with Crippen LogP contribution in [0.15, 0.2) is 199 Å². The zero-order chi connectivity index (χ0) is 37.5. The number of furan rings is 1. The van der Waals surface area contributed by atoms with E-state index < -0.39 is 0 Å². The summed E-state index contributed by atoms with van der Waals surface area (Å²) in [5.41, 5.74) is 13.0. The molecule has 0 atom stereocenters. The molecular formula is C52H32N4O. The summed E-state index contributed by atoms with van der Waals surface area (Å²) in [4.78, 5) is 11.0. The third-order valence-electron chi connectivity index (χ3n) is 11.4. The van der Waals surface area contributed by atoms with E-state index in [0.29, 0.717) is 5.95 Å². The molecule has 0 N–H and O–H groups in total. The maximum absolute atomic E-state index is 6.60. The molecule has 0 radical (unpaired) electrons. The van der Waals surface area contributed by atoms with Gasteiger partial charge in [0.05, 0.1) is 33.5 Å². The van der Waals surface area contributed by atoms with Gasteiger partial charge in [-0.15, -0.1) is 0 Å². The highest BCUT2D eigenvalue weighted by molar-refractivity contribution is 6.23. The van der Waals surface area contributed by atoms with Crippen molar-refractivity contribution in [3.63, 3.8) is 0 Å². The molecular weight excluding hydrogens is 697 g/mol. The molecule has 0 saturated heterocycles. The Balaban J connectivity index is 1.20. The van der Waals surface area contributed by atoms with Crippen molar-refractivity contribution < 1.29 is 4.42 Å². The summed E-state index contributed by atoms with van der Waals surface area (Å²) in [5, 5.41) is 6.79. The largest absolute Gasteiger partial charge is 0.455 e. The summed E-state index contributed by atoms with van der Waals surface area (Å²) >= 11 is 0. The Kier molecular flexibility index (Phi) is 6.86. The predicted octanol–water partition coefficient (Wildman–Crippen LogP) is 13.6. The van der Waals surface area contributed by atoms with Crippen molar-refractivity contribution in [3.05, 3.63) is 194 Å². The van der Waals surface area contributed by atoms with Crippen LogP contribution in [0.25, 0.3) is 111 Å². The molecule has 0 unspecified atom stereocenters. The zero-order valence-electron chi connectivity index (χ0n) is 30.7. The lowest BCUT2D eigenvalue weighted by molar-refractivity contribution is 0.670. The SMILES string of the molecule is c1ccc(-c2ccc(-c3cc(-c4cccc5c4oc4ccccc45)nc(-n4c5ccccc5c5ccc6c7ccccc7n(-c7ccccc7)c6c54)n3)cc2)cc1. The zero-order valence-corrected chi connectivity index (χ0v) is 30.7. The lowest BCUT2D eigenvalue weighted by Gasteiger charge is -2.14. The minimum Gasteiger partial charge on any atom is -0.455 e. The van der Waals surface area contributed by atoms with E-state index in [1.165, 1.54) is 16.3 Å². The smallest absolute Gasteiger partial charge is 0.235 e. The van der Waals surface area contributed by atoms with Crippen molar-refractivity contribution in [1.29, 1.82) is 0 Å². The number of hydrogen-bond acceptors (Lipinski definition) is 3. The average Bonchev–Trinajstić information content (AvgIpc) is 3.95. The maximum atomic E-state index is 6.60. The highest BCUT2D eigenvalue weighted by atomic mass is 16.3. The molecule has 266 valence electrons. The van der Waals surface area contributed by atoms with Gasteiger partial charge in [0.1, 0.15) is 11.2 Å². The molecule has 12 rings (SSSR count). The van der Waals surface area contributed by atoms with E-state index in [1.54, 1.807) is 0 Å². The second-order valence-electron chi connectivity index (χ2n) is 14.6. The number of hydrogen-bond donors (Lipinski definition) is 0. The van der Waals surface area contributed by atoms with Crippen LogP contribution in [-0.4, -0.2) is 19.1 Å². The molecule has 0 fully saturated rings. The number of rotatable bonds is 5. The Morgan fingerprint density at radius 3 is 1.65 bits per heavy atom. The van der Waals surface area contributed by atoms with Crippen molar-refractivity contribution in [1.82, 2.24) is 19.1 Å². The quantitative estimate of drug-likeness (QED) is 0.177. The monoisotopic (exact) mass is 728 g/mol. The highest BCUT2D eigenvalue weighted by Crippen LogP contribution is 2.42. The lowest BCUT2D eigenvalue weighted by Crippen LogP contribution is -2.05. The maximum Gasteiger partial charge on any atom is 0.235 e. The molecule has 5 heteroatoms. The third-order valence-corrected chi connectivity index (χ3v) is 11.4. The molecule has 0 aliphatic heterocycles. The summed E-state index contributed by atoms with van der Waals surface area (Å²) in [7, 11) is 0. The van der Waals surface area contributed by atoms with E-state index >= 15 is 0 Å². The fourth-order valence-electron chi connectivity index (χ4n) is 8.79. The Morgan fingerprint density at radius 1 is 0.368 bits per heavy atom. The molecule has 12 aromatic rings. The minimum absolute atomic E-state index is 0.589. The van der Waals surface area contributed by atoms with Crippen LogP contribution in [0.3, 0.4) is 0 Å². The summed E-state index contributed by atoms with van der Waals surface area (Å²) in [6.45, 7) is 0. The van der Waals surface area contributed by atoms with Crippen LogP contribution in [0.5, 0.6) is 0 Å². The van der Waals surface area contributed by atoms with E-state index in [0.717, 1.165) is 88.5 Å². The summed E-state index contributed by atoms with van der Waals surface area (Å²) < 4.78 is 11.3. The molecule has 4 heterocycles. The first-order valence-corrected chi connectivity index (χ1v) is 19.3. The first kappa shape index (κ1) is 31.6. The fraction of sp³-hybridized carbons (Fsp3) is 0. The van der Waals surface area contributed by atoms with Gasteiger partial charge in [-0.05, 0) is 53.6 Å². The third kappa shape index (κ3) is 4.82. The van der Waals surface area contributed by atoms with Gasteiger partial charge in [-0.3, -0.25) is 4.57 Å². The molecule has 57 heavy (non-hydrogen) atoms. The highest BCUT2D eigenvalue weighted by Gasteiger charge is 2.24. The lowest BCUT2D eigenvalue weighted by atomic mass is 10.0. The summed E-state index contributed by atoms with van der Waals surface area (Å²) in [6.07, 6.45) is 0. The van der Waals surface area contributed by atoms with Gasteiger partial charge in [0.2, 0.25) is 5.95 Å². The molecule has 0 amide bonds. The molecule has 0 saturated carbocycles. The number of nitrogens with zero attached hydrogens (tertiary/aromatic N) is 4. The Bertz CT molecular complexity index is 3500. The van der Waals surface area contributed by atoms with Crippen LogP contribution < -0.4 is 0 Å². The number of aromatic nitrogens is 4. The van der Waals surface area contributed by atoms with Crippen molar-refractivity contribution in [2.24, 2.45) is 0 Å². The van der Waals surface area contributed by atoms with E-state index in [-0.39, 0.29) is 0 Å². The van der Waals surface area contributed by atoms with Crippen molar-refractivity contribution >= 4 is 65.6 Å². The summed E-state index contributed by atoms with van der Waals surface area (Å²) in [5.74, 6) is 0.589. The van der Waals surface area contributed by atoms with Gasteiger partial charge >= 0.3 is 0 Å². The van der Waals surface area contributed by atoms with Crippen LogP contribution in [0.2, 0.25) is 0 Å². The molecule has 4 aromatic heterocycles. The van der Waals surface area contributed by atoms with Crippen molar-refractivity contribution in [2.45, 2.75) is 0 Å². The average molecular weight is 729 g/mol. The van der Waals surface area contributed by atoms with Crippen molar-refractivity contribution in [2.75, 3.05) is 0 Å². The van der Waals surface area contributed by atoms with Crippen LogP contribution in [0.1, 0.15) is 0 Å². The van der Waals surface area contributed by atoms with Crippen LogP contribution >= 0.6 is 0 Å². The van der Waals surface area contributed by atoms with Crippen LogP contribution in [-0.2, 0) is 0 Å². The molecule has 8 aromatic carbocycles. The van der Waals surface area contributed by atoms with Gasteiger partial charge in [0, 0.05) is 49.1 Å².